The molecule has 0 saturated carbocycles. The van der Waals surface area contributed by atoms with Gasteiger partial charge in [0.2, 0.25) is 5.91 Å². The van der Waals surface area contributed by atoms with Crippen molar-refractivity contribution in [2.75, 3.05) is 40.9 Å². The maximum Gasteiger partial charge on any atom is 0.268 e. The van der Waals surface area contributed by atoms with Crippen molar-refractivity contribution >= 4 is 13.7 Å². The van der Waals surface area contributed by atoms with Crippen LogP contribution in [0.4, 0.5) is 0 Å². The van der Waals surface area contributed by atoms with Gasteiger partial charge in [0.1, 0.15) is 13.2 Å². The van der Waals surface area contributed by atoms with Gasteiger partial charge in [-0.3, -0.25) is 9.36 Å². The zero-order valence-electron chi connectivity index (χ0n) is 49.2. The first-order chi connectivity index (χ1) is 35.0. The lowest BCUT2D eigenvalue weighted by atomic mass is 10.0. The van der Waals surface area contributed by atoms with Crippen LogP contribution in [0, 0.1) is 0 Å². The molecule has 0 fully saturated rings. The lowest BCUT2D eigenvalue weighted by Gasteiger charge is -2.29. The van der Waals surface area contributed by atoms with E-state index >= 15 is 0 Å². The third-order valence-electron chi connectivity index (χ3n) is 15.0. The average Bonchev–Trinajstić information content (AvgIpc) is 3.34. The second-order valence-corrected chi connectivity index (χ2v) is 24.9. The number of carbonyl (C=O) groups excluding carboxylic acids is 1. The highest BCUT2D eigenvalue weighted by Gasteiger charge is 2.23. The summed E-state index contributed by atoms with van der Waals surface area (Å²) >= 11 is 0. The molecule has 0 aliphatic heterocycles. The number of aliphatic hydroxyl groups excluding tert-OH is 1. The fraction of sp³-hybridized carbons (Fsp3) is 0.952. The minimum Gasteiger partial charge on any atom is -0.756 e. The molecule has 3 unspecified atom stereocenters. The van der Waals surface area contributed by atoms with Crippen LogP contribution >= 0.6 is 7.82 Å². The zero-order valence-corrected chi connectivity index (χ0v) is 50.1. The number of hydrogen-bond donors (Lipinski definition) is 2. The Balaban J connectivity index is 3.89. The van der Waals surface area contributed by atoms with Gasteiger partial charge in [0.15, 0.2) is 0 Å². The number of allylic oxidation sites excluding steroid dienone is 1. The average molecular weight is 1040 g/mol. The molecule has 0 bridgehead atoms. The number of phosphoric ester groups is 1. The molecule has 0 aromatic carbocycles. The molecule has 1 amide bonds. The van der Waals surface area contributed by atoms with Gasteiger partial charge in [-0.15, -0.1) is 0 Å². The first-order valence-corrected chi connectivity index (χ1v) is 33.5. The molecule has 0 radical (unpaired) electrons. The van der Waals surface area contributed by atoms with Crippen LogP contribution in [-0.2, 0) is 18.4 Å². The predicted octanol–water partition coefficient (Wildman–Crippen LogP) is 19.1. The second kappa shape index (κ2) is 55.0. The number of nitrogens with one attached hydrogen (secondary N) is 1. The highest BCUT2D eigenvalue weighted by atomic mass is 31.2. The van der Waals surface area contributed by atoms with Gasteiger partial charge >= 0.3 is 0 Å². The number of hydrogen-bond acceptors (Lipinski definition) is 6. The molecule has 0 heterocycles. The molecule has 0 aromatic rings. The zero-order chi connectivity index (χ0) is 52.7. The number of likely N-dealkylation sites (N-methyl/N-ethyl adjacent to an activating group) is 1. The van der Waals surface area contributed by atoms with Crippen molar-refractivity contribution in [2.45, 2.75) is 347 Å². The van der Waals surface area contributed by atoms with Gasteiger partial charge in [0.25, 0.3) is 7.82 Å². The van der Waals surface area contributed by atoms with Crippen LogP contribution in [0.15, 0.2) is 12.2 Å². The summed E-state index contributed by atoms with van der Waals surface area (Å²) in [4.78, 5) is 25.5. The number of nitrogens with zero attached hydrogens (tertiary/aromatic N) is 1. The molecule has 72 heavy (non-hydrogen) atoms. The molecule has 0 saturated heterocycles. The highest BCUT2D eigenvalue weighted by Crippen LogP contribution is 2.38. The van der Waals surface area contributed by atoms with E-state index in [1.54, 1.807) is 6.08 Å². The number of rotatable bonds is 60. The smallest absolute Gasteiger partial charge is 0.268 e. The summed E-state index contributed by atoms with van der Waals surface area (Å²) in [6, 6.07) is -0.882. The van der Waals surface area contributed by atoms with Crippen molar-refractivity contribution in [3.05, 3.63) is 12.2 Å². The summed E-state index contributed by atoms with van der Waals surface area (Å²) in [6.07, 6.45) is 69.0. The summed E-state index contributed by atoms with van der Waals surface area (Å²) < 4.78 is 23.3. The monoisotopic (exact) mass is 1040 g/mol. The molecule has 430 valence electrons. The third kappa shape index (κ3) is 57.0. The molecule has 2 N–H and O–H groups in total. The Morgan fingerprint density at radius 1 is 0.472 bits per heavy atom. The van der Waals surface area contributed by atoms with Crippen molar-refractivity contribution < 1.29 is 32.9 Å². The van der Waals surface area contributed by atoms with Gasteiger partial charge in [-0.25, -0.2) is 0 Å². The minimum atomic E-state index is -4.59. The van der Waals surface area contributed by atoms with E-state index in [9.17, 15) is 19.4 Å². The van der Waals surface area contributed by atoms with Crippen LogP contribution in [0.25, 0.3) is 0 Å². The largest absolute Gasteiger partial charge is 0.756 e. The first kappa shape index (κ1) is 71.2. The third-order valence-corrected chi connectivity index (χ3v) is 16.0. The number of phosphoric acid groups is 1. The fourth-order valence-corrected chi connectivity index (χ4v) is 10.7. The molecular weight excluding hydrogens is 912 g/mol. The van der Waals surface area contributed by atoms with Crippen LogP contribution in [0.5, 0.6) is 0 Å². The summed E-state index contributed by atoms with van der Waals surface area (Å²) in [6.45, 7) is 4.69. The van der Waals surface area contributed by atoms with Gasteiger partial charge in [-0.05, 0) is 19.3 Å². The Morgan fingerprint density at radius 3 is 1.04 bits per heavy atom. The Kier molecular flexibility index (Phi) is 54.4. The standard InChI is InChI=1S/C63H127N2O6P/c1-6-8-10-12-14-16-18-20-22-23-24-25-26-27-28-29-30-31-32-33-34-35-36-37-38-39-40-41-42-43-45-47-49-51-53-55-57-63(67)64-61(60-71-72(68,69)70-59-58-65(3,4)5)62(66)56-54-52-50-48-46-44-21-19-17-15-13-11-9-7-2/h54,56,61-62,66H,6-53,55,57-60H2,1-5H3,(H-,64,67,68,69)/b56-54+. The summed E-state index contributed by atoms with van der Waals surface area (Å²) in [5, 5.41) is 13.9. The SMILES string of the molecule is CCCCCCCCCCCCCC/C=C/C(O)C(COP(=O)([O-])OCC[N+](C)(C)C)NC(=O)CCCCCCCCCCCCCCCCCCCCCCCCCCCCCCCCCCCCCC. The maximum atomic E-state index is 13.0. The number of amides is 1. The summed E-state index contributed by atoms with van der Waals surface area (Å²) in [5.41, 5.74) is 0. The second-order valence-electron chi connectivity index (χ2n) is 23.5. The fourth-order valence-electron chi connectivity index (χ4n) is 9.98. The molecule has 9 heteroatoms. The topological polar surface area (TPSA) is 108 Å². The van der Waals surface area contributed by atoms with Crippen LogP contribution in [0.2, 0.25) is 0 Å². The molecule has 8 nitrogen and oxygen atoms in total. The van der Waals surface area contributed by atoms with Crippen LogP contribution < -0.4 is 10.2 Å². The molecule has 0 aliphatic carbocycles. The molecule has 0 aliphatic rings. The van der Waals surface area contributed by atoms with E-state index < -0.39 is 20.0 Å². The quantitative estimate of drug-likeness (QED) is 0.0272. The summed E-state index contributed by atoms with van der Waals surface area (Å²) in [5.74, 6) is -0.190. The molecule has 3 atom stereocenters. The van der Waals surface area contributed by atoms with Gasteiger partial charge in [-0.1, -0.05) is 321 Å². The maximum absolute atomic E-state index is 13.0. The van der Waals surface area contributed by atoms with Gasteiger partial charge in [0, 0.05) is 6.42 Å². The van der Waals surface area contributed by atoms with E-state index in [1.165, 1.54) is 276 Å². The lowest BCUT2D eigenvalue weighted by Crippen LogP contribution is -2.45. The van der Waals surface area contributed by atoms with Crippen LogP contribution in [0.3, 0.4) is 0 Å². The molecule has 0 aromatic heterocycles. The molecular formula is C63H127N2O6P. The van der Waals surface area contributed by atoms with E-state index in [2.05, 4.69) is 19.2 Å². The van der Waals surface area contributed by atoms with Crippen LogP contribution in [0.1, 0.15) is 335 Å². The van der Waals surface area contributed by atoms with Gasteiger partial charge in [0.05, 0.1) is 39.9 Å². The molecule has 0 spiro atoms. The van der Waals surface area contributed by atoms with E-state index in [0.29, 0.717) is 17.4 Å². The molecule has 0 rings (SSSR count). The van der Waals surface area contributed by atoms with E-state index in [1.807, 2.05) is 27.2 Å². The van der Waals surface area contributed by atoms with E-state index in [0.717, 1.165) is 38.5 Å². The number of quaternary nitrogens is 1. The van der Waals surface area contributed by atoms with Crippen molar-refractivity contribution in [3.8, 4) is 0 Å². The summed E-state index contributed by atoms with van der Waals surface area (Å²) in [7, 11) is 1.28. The Labute approximate surface area is 450 Å². The Hall–Kier alpha value is -0.760. The predicted molar refractivity (Wildman–Crippen MR) is 312 cm³/mol. The van der Waals surface area contributed by atoms with Crippen molar-refractivity contribution in [1.82, 2.24) is 5.32 Å². The number of unbranched alkanes of at least 4 members (excludes halogenated alkanes) is 47. The Morgan fingerprint density at radius 2 is 0.750 bits per heavy atom. The van der Waals surface area contributed by atoms with Crippen LogP contribution in [-0.4, -0.2) is 68.5 Å². The Bertz CT molecular complexity index is 1180. The first-order valence-electron chi connectivity index (χ1n) is 32.1. The normalized spacial score (nSPS) is 13.8. The lowest BCUT2D eigenvalue weighted by molar-refractivity contribution is -0.870. The van der Waals surface area contributed by atoms with E-state index in [-0.39, 0.29) is 19.1 Å². The van der Waals surface area contributed by atoms with E-state index in [4.69, 9.17) is 9.05 Å². The highest BCUT2D eigenvalue weighted by molar-refractivity contribution is 7.45. The van der Waals surface area contributed by atoms with Crippen molar-refractivity contribution in [3.63, 3.8) is 0 Å². The van der Waals surface area contributed by atoms with Crippen molar-refractivity contribution in [1.29, 1.82) is 0 Å². The number of carbonyl (C=O) groups is 1. The van der Waals surface area contributed by atoms with Gasteiger partial charge in [-0.2, -0.15) is 0 Å². The minimum absolute atomic E-state index is 0.00255. The van der Waals surface area contributed by atoms with Gasteiger partial charge < -0.3 is 28.8 Å². The van der Waals surface area contributed by atoms with Crippen molar-refractivity contribution in [2.24, 2.45) is 0 Å². The number of aliphatic hydroxyl groups is 1.